The molecule has 3 rings (SSSR count). The first-order valence-corrected chi connectivity index (χ1v) is 8.54. The van der Waals surface area contributed by atoms with Crippen LogP contribution in [-0.2, 0) is 6.42 Å². The van der Waals surface area contributed by atoms with Crippen molar-refractivity contribution in [2.45, 2.75) is 39.2 Å². The number of hydrogen-bond donors (Lipinski definition) is 3. The molecule has 23 heavy (non-hydrogen) atoms. The zero-order chi connectivity index (χ0) is 16.1. The molecule has 0 amide bonds. The highest BCUT2D eigenvalue weighted by atomic mass is 15.2. The number of rotatable bonds is 5. The van der Waals surface area contributed by atoms with Crippen LogP contribution < -0.4 is 10.6 Å². The van der Waals surface area contributed by atoms with Gasteiger partial charge in [0.2, 0.25) is 0 Å². The Morgan fingerprint density at radius 2 is 2.04 bits per heavy atom. The Kier molecular flexibility index (Phi) is 5.01. The van der Waals surface area contributed by atoms with Gasteiger partial charge in [-0.3, -0.25) is 4.99 Å². The maximum Gasteiger partial charge on any atom is 0.191 e. The predicted molar refractivity (Wildman–Crippen MR) is 98.0 cm³/mol. The number of H-pyrrole nitrogens is 1. The number of guanidine groups is 1. The largest absolute Gasteiger partial charge is 0.358 e. The van der Waals surface area contributed by atoms with Crippen LogP contribution in [0.3, 0.4) is 0 Å². The zero-order valence-electron chi connectivity index (χ0n) is 14.0. The molecule has 0 aliphatic heterocycles. The van der Waals surface area contributed by atoms with Crippen molar-refractivity contribution in [3.63, 3.8) is 0 Å². The number of aromatic nitrogens is 1. The first-order valence-electron chi connectivity index (χ1n) is 8.54. The van der Waals surface area contributed by atoms with Crippen molar-refractivity contribution >= 4 is 16.9 Å². The van der Waals surface area contributed by atoms with Crippen molar-refractivity contribution in [2.24, 2.45) is 4.99 Å². The Bertz CT molecular complexity index is 703. The van der Waals surface area contributed by atoms with E-state index in [-0.39, 0.29) is 0 Å². The van der Waals surface area contributed by atoms with Gasteiger partial charge in [0.1, 0.15) is 0 Å². The van der Waals surface area contributed by atoms with Crippen LogP contribution in [0, 0.1) is 6.92 Å². The van der Waals surface area contributed by atoms with Crippen molar-refractivity contribution in [1.29, 1.82) is 0 Å². The number of aliphatic imine (C=N–C) groups is 1. The highest BCUT2D eigenvalue weighted by molar-refractivity contribution is 5.84. The molecule has 0 bridgehead atoms. The van der Waals surface area contributed by atoms with Gasteiger partial charge in [0, 0.05) is 35.7 Å². The maximum absolute atomic E-state index is 4.75. The second kappa shape index (κ2) is 7.36. The van der Waals surface area contributed by atoms with Gasteiger partial charge in [-0.15, -0.1) is 0 Å². The second-order valence-corrected chi connectivity index (χ2v) is 6.07. The number of fused-ring (bicyclic) bond motifs is 1. The Morgan fingerprint density at radius 1 is 1.26 bits per heavy atom. The monoisotopic (exact) mass is 310 g/mol. The van der Waals surface area contributed by atoms with E-state index < -0.39 is 0 Å². The highest BCUT2D eigenvalue weighted by Gasteiger charge is 2.12. The molecule has 0 unspecified atom stereocenters. The number of aromatic amines is 1. The smallest absolute Gasteiger partial charge is 0.191 e. The van der Waals surface area contributed by atoms with E-state index in [0.717, 1.165) is 38.3 Å². The van der Waals surface area contributed by atoms with Gasteiger partial charge in [-0.1, -0.05) is 30.4 Å². The second-order valence-electron chi connectivity index (χ2n) is 6.07. The fourth-order valence-corrected chi connectivity index (χ4v) is 3.18. The van der Waals surface area contributed by atoms with Gasteiger partial charge in [0.05, 0.1) is 0 Å². The molecule has 1 aromatic heterocycles. The van der Waals surface area contributed by atoms with E-state index in [9.17, 15) is 0 Å². The lowest BCUT2D eigenvalue weighted by atomic mass is 10.1. The summed E-state index contributed by atoms with van der Waals surface area (Å²) >= 11 is 0. The van der Waals surface area contributed by atoms with Crippen molar-refractivity contribution in [2.75, 3.05) is 13.1 Å². The van der Waals surface area contributed by atoms with Crippen molar-refractivity contribution in [3.8, 4) is 0 Å². The van der Waals surface area contributed by atoms with E-state index in [1.807, 2.05) is 0 Å². The Hall–Kier alpha value is -2.23. The summed E-state index contributed by atoms with van der Waals surface area (Å²) in [4.78, 5) is 8.21. The first-order chi connectivity index (χ1) is 11.3. The summed E-state index contributed by atoms with van der Waals surface area (Å²) in [5.41, 5.74) is 3.84. The standard InChI is InChI=1S/C19H26N4/c1-3-20-19(23-15-8-4-5-9-15)21-13-12-16-14(2)22-18-11-7-6-10-17(16)18/h4-7,10-11,15,22H,3,8-9,12-13H2,1-2H3,(H2,20,21,23). The number of para-hydroxylation sites is 1. The molecule has 4 heteroatoms. The first kappa shape index (κ1) is 15.7. The van der Waals surface area contributed by atoms with Crippen LogP contribution in [0.4, 0.5) is 0 Å². The number of nitrogens with zero attached hydrogens (tertiary/aromatic N) is 1. The summed E-state index contributed by atoms with van der Waals surface area (Å²) in [6.45, 7) is 5.93. The minimum Gasteiger partial charge on any atom is -0.358 e. The van der Waals surface area contributed by atoms with Gasteiger partial charge < -0.3 is 15.6 Å². The van der Waals surface area contributed by atoms with Crippen molar-refractivity contribution < 1.29 is 0 Å². The lowest BCUT2D eigenvalue weighted by Crippen LogP contribution is -2.42. The van der Waals surface area contributed by atoms with Crippen LogP contribution in [0.2, 0.25) is 0 Å². The molecule has 0 saturated carbocycles. The van der Waals surface area contributed by atoms with Gasteiger partial charge >= 0.3 is 0 Å². The fraction of sp³-hybridized carbons (Fsp3) is 0.421. The van der Waals surface area contributed by atoms with Crippen LogP contribution in [0.5, 0.6) is 0 Å². The zero-order valence-corrected chi connectivity index (χ0v) is 14.0. The SMILES string of the molecule is CCNC(=NCCc1c(C)[nH]c2ccccc12)NC1CC=CC1. The van der Waals surface area contributed by atoms with E-state index in [2.05, 4.69) is 65.9 Å². The minimum absolute atomic E-state index is 0.489. The van der Waals surface area contributed by atoms with Crippen molar-refractivity contribution in [3.05, 3.63) is 47.7 Å². The van der Waals surface area contributed by atoms with Crippen LogP contribution in [0.1, 0.15) is 31.0 Å². The third-order valence-electron chi connectivity index (χ3n) is 4.35. The van der Waals surface area contributed by atoms with Gasteiger partial charge in [-0.05, 0) is 44.7 Å². The fourth-order valence-electron chi connectivity index (χ4n) is 3.18. The lowest BCUT2D eigenvalue weighted by molar-refractivity contribution is 0.633. The molecule has 0 atom stereocenters. The van der Waals surface area contributed by atoms with E-state index in [0.29, 0.717) is 6.04 Å². The Labute approximate surface area is 138 Å². The minimum atomic E-state index is 0.489. The van der Waals surface area contributed by atoms with E-state index in [1.54, 1.807) is 0 Å². The Balaban J connectivity index is 1.66. The topological polar surface area (TPSA) is 52.2 Å². The summed E-state index contributed by atoms with van der Waals surface area (Å²) in [5, 5.41) is 8.18. The molecule has 122 valence electrons. The van der Waals surface area contributed by atoms with Gasteiger partial charge in [0.15, 0.2) is 5.96 Å². The number of hydrogen-bond acceptors (Lipinski definition) is 1. The number of benzene rings is 1. The van der Waals surface area contributed by atoms with E-state index in [4.69, 9.17) is 4.99 Å². The number of nitrogens with one attached hydrogen (secondary N) is 3. The van der Waals surface area contributed by atoms with Gasteiger partial charge in [-0.2, -0.15) is 0 Å². The molecule has 0 radical (unpaired) electrons. The average Bonchev–Trinajstić information content (AvgIpc) is 3.15. The molecule has 0 fully saturated rings. The lowest BCUT2D eigenvalue weighted by Gasteiger charge is -2.16. The summed E-state index contributed by atoms with van der Waals surface area (Å²) < 4.78 is 0. The molecule has 2 aromatic rings. The molecule has 1 aromatic carbocycles. The summed E-state index contributed by atoms with van der Waals surface area (Å²) in [5.74, 6) is 0.929. The highest BCUT2D eigenvalue weighted by Crippen LogP contribution is 2.22. The normalized spacial score (nSPS) is 15.5. The molecular weight excluding hydrogens is 284 g/mol. The van der Waals surface area contributed by atoms with E-state index in [1.165, 1.54) is 22.2 Å². The molecule has 4 nitrogen and oxygen atoms in total. The molecule has 0 spiro atoms. The third kappa shape index (κ3) is 3.76. The van der Waals surface area contributed by atoms with Gasteiger partial charge in [0.25, 0.3) is 0 Å². The molecule has 1 heterocycles. The average molecular weight is 310 g/mol. The molecule has 1 aliphatic rings. The van der Waals surface area contributed by atoms with Crippen molar-refractivity contribution in [1.82, 2.24) is 15.6 Å². The third-order valence-corrected chi connectivity index (χ3v) is 4.35. The van der Waals surface area contributed by atoms with E-state index >= 15 is 0 Å². The van der Waals surface area contributed by atoms with Crippen LogP contribution >= 0.6 is 0 Å². The van der Waals surface area contributed by atoms with Crippen LogP contribution in [-0.4, -0.2) is 30.1 Å². The summed E-state index contributed by atoms with van der Waals surface area (Å²) in [7, 11) is 0. The quantitative estimate of drug-likeness (QED) is 0.451. The molecule has 0 saturated heterocycles. The van der Waals surface area contributed by atoms with Gasteiger partial charge in [-0.25, -0.2) is 0 Å². The molecule has 1 aliphatic carbocycles. The summed E-state index contributed by atoms with van der Waals surface area (Å²) in [6.07, 6.45) is 7.60. The molecule has 3 N–H and O–H groups in total. The van der Waals surface area contributed by atoms with Crippen LogP contribution in [0.15, 0.2) is 41.4 Å². The number of aryl methyl sites for hydroxylation is 1. The van der Waals surface area contributed by atoms with Crippen LogP contribution in [0.25, 0.3) is 10.9 Å². The molecular formula is C19H26N4. The maximum atomic E-state index is 4.75. The Morgan fingerprint density at radius 3 is 2.83 bits per heavy atom. The summed E-state index contributed by atoms with van der Waals surface area (Å²) in [6, 6.07) is 8.98. The predicted octanol–water partition coefficient (Wildman–Crippen LogP) is 3.29.